The van der Waals surface area contributed by atoms with Crippen molar-refractivity contribution < 1.29 is 9.53 Å². The van der Waals surface area contributed by atoms with E-state index in [0.717, 1.165) is 42.9 Å². The molecule has 3 rings (SSSR count). The third-order valence-electron chi connectivity index (χ3n) is 5.10. The predicted molar refractivity (Wildman–Crippen MR) is 117 cm³/mol. The molecule has 0 aliphatic carbocycles. The summed E-state index contributed by atoms with van der Waals surface area (Å²) in [6.45, 7) is 4.33. The molecule has 3 aromatic rings. The molecule has 0 bridgehead atoms. The minimum Gasteiger partial charge on any atom is -0.497 e. The first-order valence-electron chi connectivity index (χ1n) is 10.3. The van der Waals surface area contributed by atoms with Crippen LogP contribution in [0, 0.1) is 0 Å². The molecule has 0 spiro atoms. The molecule has 0 aliphatic rings. The number of methoxy groups -OCH3 is 1. The molecule has 0 atom stereocenters. The monoisotopic (exact) mass is 390 g/mol. The van der Waals surface area contributed by atoms with Gasteiger partial charge in [0.2, 0.25) is 5.91 Å². The molecule has 0 saturated heterocycles. The Kier molecular flexibility index (Phi) is 7.51. The van der Waals surface area contributed by atoms with E-state index in [1.165, 1.54) is 5.56 Å². The van der Waals surface area contributed by atoms with Crippen LogP contribution >= 0.6 is 0 Å². The van der Waals surface area contributed by atoms with Crippen LogP contribution in [0.2, 0.25) is 0 Å². The van der Waals surface area contributed by atoms with Crippen LogP contribution in [-0.4, -0.2) is 29.0 Å². The first-order chi connectivity index (χ1) is 14.2. The highest BCUT2D eigenvalue weighted by Crippen LogP contribution is 2.16. The standard InChI is InChI=1S/C25H30N2O2/c1-3-4-15-27(25(28)18-21-10-6-5-7-11-21)20-23-13-9-16-26(23)19-22-12-8-14-24(17-22)29-2/h5-14,16-17H,3-4,15,18-20H2,1-2H3. The van der Waals surface area contributed by atoms with Gasteiger partial charge in [-0.25, -0.2) is 0 Å². The van der Waals surface area contributed by atoms with Crippen molar-refractivity contribution in [2.45, 2.75) is 39.3 Å². The van der Waals surface area contributed by atoms with E-state index in [9.17, 15) is 4.79 Å². The zero-order chi connectivity index (χ0) is 20.5. The summed E-state index contributed by atoms with van der Waals surface area (Å²) in [6.07, 6.45) is 4.60. The molecule has 0 aliphatic heterocycles. The van der Waals surface area contributed by atoms with Crippen molar-refractivity contribution in [1.29, 1.82) is 0 Å². The van der Waals surface area contributed by atoms with Gasteiger partial charge in [0.1, 0.15) is 5.75 Å². The van der Waals surface area contributed by atoms with Gasteiger partial charge in [-0.2, -0.15) is 0 Å². The summed E-state index contributed by atoms with van der Waals surface area (Å²) in [5, 5.41) is 0. The Bertz CT molecular complexity index is 902. The number of hydrogen-bond acceptors (Lipinski definition) is 2. The number of rotatable bonds is 10. The summed E-state index contributed by atoms with van der Waals surface area (Å²) in [6, 6.07) is 22.3. The lowest BCUT2D eigenvalue weighted by Gasteiger charge is -2.24. The highest BCUT2D eigenvalue weighted by atomic mass is 16.5. The molecule has 1 amide bonds. The van der Waals surface area contributed by atoms with Crippen LogP contribution in [-0.2, 0) is 24.3 Å². The normalized spacial score (nSPS) is 10.7. The Morgan fingerprint density at radius 1 is 1.00 bits per heavy atom. The summed E-state index contributed by atoms with van der Waals surface area (Å²) >= 11 is 0. The number of aromatic nitrogens is 1. The molecule has 4 heteroatoms. The van der Waals surface area contributed by atoms with Gasteiger partial charge in [0, 0.05) is 25.0 Å². The van der Waals surface area contributed by atoms with Gasteiger partial charge in [-0.1, -0.05) is 55.8 Å². The molecule has 0 N–H and O–H groups in total. The van der Waals surface area contributed by atoms with Crippen LogP contribution < -0.4 is 4.74 Å². The first kappa shape index (κ1) is 20.7. The minimum absolute atomic E-state index is 0.179. The molecule has 29 heavy (non-hydrogen) atoms. The Morgan fingerprint density at radius 3 is 2.55 bits per heavy atom. The number of carbonyl (C=O) groups is 1. The predicted octanol–water partition coefficient (Wildman–Crippen LogP) is 4.92. The molecule has 2 aromatic carbocycles. The van der Waals surface area contributed by atoms with E-state index in [2.05, 4.69) is 42.0 Å². The molecular formula is C25H30N2O2. The average molecular weight is 391 g/mol. The van der Waals surface area contributed by atoms with Gasteiger partial charge in [-0.3, -0.25) is 4.79 Å². The third-order valence-corrected chi connectivity index (χ3v) is 5.10. The van der Waals surface area contributed by atoms with Gasteiger partial charge in [-0.05, 0) is 41.8 Å². The van der Waals surface area contributed by atoms with Crippen LogP contribution in [0.4, 0.5) is 0 Å². The average Bonchev–Trinajstić information content (AvgIpc) is 3.18. The molecule has 0 radical (unpaired) electrons. The van der Waals surface area contributed by atoms with Gasteiger partial charge >= 0.3 is 0 Å². The zero-order valence-electron chi connectivity index (χ0n) is 17.4. The van der Waals surface area contributed by atoms with Gasteiger partial charge in [0.05, 0.1) is 20.1 Å². The molecule has 1 aromatic heterocycles. The van der Waals surface area contributed by atoms with E-state index in [4.69, 9.17) is 4.74 Å². The quantitative estimate of drug-likeness (QED) is 0.493. The molecular weight excluding hydrogens is 360 g/mol. The van der Waals surface area contributed by atoms with Crippen molar-refractivity contribution in [3.63, 3.8) is 0 Å². The Labute approximate surface area is 173 Å². The van der Waals surface area contributed by atoms with E-state index in [1.54, 1.807) is 7.11 Å². The highest BCUT2D eigenvalue weighted by molar-refractivity contribution is 5.78. The Morgan fingerprint density at radius 2 is 1.79 bits per heavy atom. The molecule has 0 saturated carbocycles. The third kappa shape index (κ3) is 5.98. The van der Waals surface area contributed by atoms with Crippen molar-refractivity contribution in [3.8, 4) is 5.75 Å². The maximum Gasteiger partial charge on any atom is 0.227 e. The highest BCUT2D eigenvalue weighted by Gasteiger charge is 2.16. The Balaban J connectivity index is 1.72. The largest absolute Gasteiger partial charge is 0.497 e. The number of amides is 1. The maximum atomic E-state index is 13.0. The van der Waals surface area contributed by atoms with Crippen LogP contribution in [0.15, 0.2) is 72.9 Å². The van der Waals surface area contributed by atoms with Crippen LogP contribution in [0.3, 0.4) is 0 Å². The SMILES string of the molecule is CCCCN(Cc1cccn1Cc1cccc(OC)c1)C(=O)Cc1ccccc1. The fourth-order valence-corrected chi connectivity index (χ4v) is 3.43. The van der Waals surface area contributed by atoms with Crippen molar-refractivity contribution in [1.82, 2.24) is 9.47 Å². The van der Waals surface area contributed by atoms with Gasteiger partial charge in [-0.15, -0.1) is 0 Å². The lowest BCUT2D eigenvalue weighted by Crippen LogP contribution is -2.33. The summed E-state index contributed by atoms with van der Waals surface area (Å²) in [5.74, 6) is 1.04. The number of carbonyl (C=O) groups excluding carboxylic acids is 1. The van der Waals surface area contributed by atoms with E-state index in [-0.39, 0.29) is 5.91 Å². The molecule has 152 valence electrons. The second-order valence-corrected chi connectivity index (χ2v) is 7.31. The molecule has 1 heterocycles. The van der Waals surface area contributed by atoms with Gasteiger partial charge < -0.3 is 14.2 Å². The van der Waals surface area contributed by atoms with E-state index < -0.39 is 0 Å². The molecule has 0 unspecified atom stereocenters. The number of ether oxygens (including phenoxy) is 1. The Hall–Kier alpha value is -3.01. The van der Waals surface area contributed by atoms with Crippen LogP contribution in [0.5, 0.6) is 5.75 Å². The van der Waals surface area contributed by atoms with Crippen molar-refractivity contribution >= 4 is 5.91 Å². The summed E-state index contributed by atoms with van der Waals surface area (Å²) in [5.41, 5.74) is 3.38. The second kappa shape index (κ2) is 10.5. The van der Waals surface area contributed by atoms with Crippen molar-refractivity contribution in [3.05, 3.63) is 89.7 Å². The van der Waals surface area contributed by atoms with Crippen molar-refractivity contribution in [2.24, 2.45) is 0 Å². The number of hydrogen-bond donors (Lipinski definition) is 0. The van der Waals surface area contributed by atoms with Crippen LogP contribution in [0.1, 0.15) is 36.6 Å². The lowest BCUT2D eigenvalue weighted by atomic mass is 10.1. The smallest absolute Gasteiger partial charge is 0.227 e. The van der Waals surface area contributed by atoms with Gasteiger partial charge in [0.15, 0.2) is 0 Å². The zero-order valence-corrected chi connectivity index (χ0v) is 17.4. The minimum atomic E-state index is 0.179. The van der Waals surface area contributed by atoms with E-state index in [0.29, 0.717) is 13.0 Å². The summed E-state index contributed by atoms with van der Waals surface area (Å²) in [7, 11) is 1.68. The first-order valence-corrected chi connectivity index (χ1v) is 10.3. The fourth-order valence-electron chi connectivity index (χ4n) is 3.43. The number of nitrogens with zero attached hydrogens (tertiary/aromatic N) is 2. The fraction of sp³-hybridized carbons (Fsp3) is 0.320. The summed E-state index contributed by atoms with van der Waals surface area (Å²) < 4.78 is 7.55. The second-order valence-electron chi connectivity index (χ2n) is 7.31. The molecule has 4 nitrogen and oxygen atoms in total. The van der Waals surface area contributed by atoms with Crippen LogP contribution in [0.25, 0.3) is 0 Å². The lowest BCUT2D eigenvalue weighted by molar-refractivity contribution is -0.131. The van der Waals surface area contributed by atoms with Crippen molar-refractivity contribution in [2.75, 3.05) is 13.7 Å². The number of benzene rings is 2. The van der Waals surface area contributed by atoms with Gasteiger partial charge in [0.25, 0.3) is 0 Å². The topological polar surface area (TPSA) is 34.5 Å². The molecule has 0 fully saturated rings. The number of unbranched alkanes of at least 4 members (excludes halogenated alkanes) is 1. The maximum absolute atomic E-state index is 13.0. The van der Waals surface area contributed by atoms with E-state index in [1.807, 2.05) is 47.4 Å². The van der Waals surface area contributed by atoms with E-state index >= 15 is 0 Å². The summed E-state index contributed by atoms with van der Waals surface area (Å²) in [4.78, 5) is 15.0.